The highest BCUT2D eigenvalue weighted by Crippen LogP contribution is 2.37. The number of rotatable bonds is 6. The van der Waals surface area contributed by atoms with Crippen molar-refractivity contribution in [1.29, 1.82) is 0 Å². The maximum absolute atomic E-state index is 12.2. The Balaban J connectivity index is 1.60. The third-order valence-electron chi connectivity index (χ3n) is 6.23. The van der Waals surface area contributed by atoms with Crippen LogP contribution in [-0.4, -0.2) is 49.7 Å². The van der Waals surface area contributed by atoms with Gasteiger partial charge in [0.1, 0.15) is 11.9 Å². The molecule has 1 saturated heterocycles. The van der Waals surface area contributed by atoms with Crippen LogP contribution in [0.2, 0.25) is 0 Å². The van der Waals surface area contributed by atoms with Crippen LogP contribution in [0.1, 0.15) is 43.9 Å². The summed E-state index contributed by atoms with van der Waals surface area (Å²) in [6.45, 7) is 7.43. The lowest BCUT2D eigenvalue weighted by Gasteiger charge is -2.47. The predicted octanol–water partition coefficient (Wildman–Crippen LogP) is 4.98. The Bertz CT molecular complexity index is 902. The molecule has 0 aliphatic carbocycles. The van der Waals surface area contributed by atoms with Gasteiger partial charge in [-0.15, -0.1) is 0 Å². The molecule has 2 atom stereocenters. The highest BCUT2D eigenvalue weighted by atomic mass is 79.9. The van der Waals surface area contributed by atoms with Gasteiger partial charge in [-0.05, 0) is 60.4 Å². The largest absolute Gasteiger partial charge is 0.494 e. The number of hydrogen-bond donors (Lipinski definition) is 0. The van der Waals surface area contributed by atoms with Crippen LogP contribution in [0.15, 0.2) is 46.9 Å². The standard InChI is InChI=1S/C25H31BrN2O3/c1-3-4-14-30-22-8-6-21(7-9-22)28-13-12-27(18(2)29)17-24(28)25-23-10-5-20(26)16-19(23)11-15-31-25/h5-10,16,24-25H,3-4,11-15,17H2,1-2H3. The minimum absolute atomic E-state index is 0.0599. The molecule has 1 amide bonds. The van der Waals surface area contributed by atoms with Crippen molar-refractivity contribution >= 4 is 27.5 Å². The van der Waals surface area contributed by atoms with E-state index >= 15 is 0 Å². The zero-order valence-corrected chi connectivity index (χ0v) is 19.9. The minimum Gasteiger partial charge on any atom is -0.494 e. The lowest BCUT2D eigenvalue weighted by atomic mass is 9.91. The van der Waals surface area contributed by atoms with Crippen molar-refractivity contribution in [3.63, 3.8) is 0 Å². The van der Waals surface area contributed by atoms with Gasteiger partial charge in [0.15, 0.2) is 0 Å². The summed E-state index contributed by atoms with van der Waals surface area (Å²) in [6.07, 6.45) is 3.03. The first-order valence-electron chi connectivity index (χ1n) is 11.2. The SMILES string of the molecule is CCCCOc1ccc(N2CCN(C(C)=O)CC2C2OCCc3cc(Br)ccc32)cc1. The van der Waals surface area contributed by atoms with E-state index in [4.69, 9.17) is 9.47 Å². The number of nitrogens with zero attached hydrogens (tertiary/aromatic N) is 2. The zero-order chi connectivity index (χ0) is 21.8. The lowest BCUT2D eigenvalue weighted by molar-refractivity contribution is -0.130. The van der Waals surface area contributed by atoms with Crippen LogP contribution < -0.4 is 9.64 Å². The summed E-state index contributed by atoms with van der Waals surface area (Å²) in [7, 11) is 0. The number of halogens is 1. The Morgan fingerprint density at radius 2 is 2.00 bits per heavy atom. The predicted molar refractivity (Wildman–Crippen MR) is 127 cm³/mol. The van der Waals surface area contributed by atoms with Gasteiger partial charge in [0.25, 0.3) is 0 Å². The number of carbonyl (C=O) groups excluding carboxylic acids is 1. The molecule has 2 unspecified atom stereocenters. The Kier molecular flexibility index (Phi) is 7.18. The highest BCUT2D eigenvalue weighted by molar-refractivity contribution is 9.10. The second-order valence-electron chi connectivity index (χ2n) is 8.31. The number of fused-ring (bicyclic) bond motifs is 1. The molecule has 0 N–H and O–H groups in total. The van der Waals surface area contributed by atoms with Crippen molar-refractivity contribution in [2.24, 2.45) is 0 Å². The van der Waals surface area contributed by atoms with Crippen LogP contribution in [-0.2, 0) is 16.0 Å². The van der Waals surface area contributed by atoms with Gasteiger partial charge in [-0.2, -0.15) is 0 Å². The molecule has 4 rings (SSSR count). The third kappa shape index (κ3) is 5.07. The molecule has 5 nitrogen and oxygen atoms in total. The molecule has 2 aliphatic rings. The van der Waals surface area contributed by atoms with Gasteiger partial charge in [-0.25, -0.2) is 0 Å². The van der Waals surface area contributed by atoms with Gasteiger partial charge in [0, 0.05) is 36.7 Å². The molecule has 0 saturated carbocycles. The molecule has 0 spiro atoms. The van der Waals surface area contributed by atoms with Crippen LogP contribution >= 0.6 is 15.9 Å². The van der Waals surface area contributed by atoms with E-state index < -0.39 is 0 Å². The summed E-state index contributed by atoms with van der Waals surface area (Å²) in [5.41, 5.74) is 3.70. The lowest BCUT2D eigenvalue weighted by Crippen LogP contribution is -2.57. The van der Waals surface area contributed by atoms with Crippen molar-refractivity contribution in [3.8, 4) is 5.75 Å². The van der Waals surface area contributed by atoms with Crippen molar-refractivity contribution in [2.75, 3.05) is 37.7 Å². The molecule has 2 aromatic carbocycles. The normalized spacial score (nSPS) is 21.0. The number of anilines is 1. The summed E-state index contributed by atoms with van der Waals surface area (Å²) in [5, 5.41) is 0. The Morgan fingerprint density at radius 1 is 1.19 bits per heavy atom. The summed E-state index contributed by atoms with van der Waals surface area (Å²) in [4.78, 5) is 16.5. The van der Waals surface area contributed by atoms with E-state index in [2.05, 4.69) is 58.1 Å². The highest BCUT2D eigenvalue weighted by Gasteiger charge is 2.38. The number of carbonyl (C=O) groups is 1. The van der Waals surface area contributed by atoms with E-state index in [1.54, 1.807) is 6.92 Å². The first-order chi connectivity index (χ1) is 15.1. The second kappa shape index (κ2) is 10.0. The van der Waals surface area contributed by atoms with Crippen LogP contribution in [0.25, 0.3) is 0 Å². The molecule has 0 aromatic heterocycles. The molecule has 0 bridgehead atoms. The topological polar surface area (TPSA) is 42.0 Å². The average Bonchev–Trinajstić information content (AvgIpc) is 2.79. The van der Waals surface area contributed by atoms with Crippen LogP contribution in [0.5, 0.6) is 5.75 Å². The summed E-state index contributed by atoms with van der Waals surface area (Å²) in [6, 6.07) is 14.9. The van der Waals surface area contributed by atoms with E-state index in [1.165, 1.54) is 11.1 Å². The van der Waals surface area contributed by atoms with Crippen molar-refractivity contribution in [1.82, 2.24) is 4.90 Å². The molecule has 31 heavy (non-hydrogen) atoms. The number of hydrogen-bond acceptors (Lipinski definition) is 4. The Morgan fingerprint density at radius 3 is 2.74 bits per heavy atom. The Hall–Kier alpha value is -2.05. The van der Waals surface area contributed by atoms with Crippen LogP contribution in [0.4, 0.5) is 5.69 Å². The fraction of sp³-hybridized carbons (Fsp3) is 0.480. The third-order valence-corrected chi connectivity index (χ3v) is 6.72. The number of unbranched alkanes of at least 4 members (excludes halogenated alkanes) is 1. The molecular weight excluding hydrogens is 456 g/mol. The van der Waals surface area contributed by atoms with E-state index in [1.807, 2.05) is 17.0 Å². The minimum atomic E-state index is -0.0699. The average molecular weight is 487 g/mol. The summed E-state index contributed by atoms with van der Waals surface area (Å²) >= 11 is 3.60. The number of benzene rings is 2. The monoisotopic (exact) mass is 486 g/mol. The van der Waals surface area contributed by atoms with E-state index in [0.717, 1.165) is 54.9 Å². The molecular formula is C25H31BrN2O3. The molecule has 2 heterocycles. The zero-order valence-electron chi connectivity index (χ0n) is 18.4. The molecule has 2 aliphatic heterocycles. The summed E-state index contributed by atoms with van der Waals surface area (Å²) < 4.78 is 13.3. The Labute approximate surface area is 193 Å². The molecule has 1 fully saturated rings. The van der Waals surface area contributed by atoms with E-state index in [9.17, 15) is 4.79 Å². The number of piperazine rings is 1. The van der Waals surface area contributed by atoms with E-state index in [-0.39, 0.29) is 18.1 Å². The number of amides is 1. The van der Waals surface area contributed by atoms with Gasteiger partial charge < -0.3 is 19.3 Å². The fourth-order valence-corrected chi connectivity index (χ4v) is 4.92. The summed E-state index contributed by atoms with van der Waals surface area (Å²) in [5.74, 6) is 1.02. The van der Waals surface area contributed by atoms with Gasteiger partial charge in [0.05, 0.1) is 19.3 Å². The second-order valence-corrected chi connectivity index (χ2v) is 9.22. The quantitative estimate of drug-likeness (QED) is 0.540. The van der Waals surface area contributed by atoms with Gasteiger partial charge >= 0.3 is 0 Å². The molecule has 166 valence electrons. The van der Waals surface area contributed by atoms with Crippen molar-refractivity contribution < 1.29 is 14.3 Å². The maximum atomic E-state index is 12.2. The molecule has 6 heteroatoms. The van der Waals surface area contributed by atoms with Crippen LogP contribution in [0, 0.1) is 0 Å². The van der Waals surface area contributed by atoms with Crippen molar-refractivity contribution in [3.05, 3.63) is 58.1 Å². The molecule has 0 radical (unpaired) electrons. The van der Waals surface area contributed by atoms with Crippen LogP contribution in [0.3, 0.4) is 0 Å². The first-order valence-corrected chi connectivity index (χ1v) is 12.0. The van der Waals surface area contributed by atoms with Crippen molar-refractivity contribution in [2.45, 2.75) is 45.3 Å². The first kappa shape index (κ1) is 22.2. The molecule has 2 aromatic rings. The van der Waals surface area contributed by atoms with Gasteiger partial charge in [-0.3, -0.25) is 4.79 Å². The van der Waals surface area contributed by atoms with Gasteiger partial charge in [-0.1, -0.05) is 35.3 Å². The number of ether oxygens (including phenoxy) is 2. The van der Waals surface area contributed by atoms with Gasteiger partial charge in [0.2, 0.25) is 5.91 Å². The fourth-order valence-electron chi connectivity index (χ4n) is 4.52. The van der Waals surface area contributed by atoms with E-state index in [0.29, 0.717) is 13.2 Å². The smallest absolute Gasteiger partial charge is 0.219 e. The maximum Gasteiger partial charge on any atom is 0.219 e.